The number of fused-ring (bicyclic) bond motifs is 2. The third-order valence-corrected chi connectivity index (χ3v) is 8.90. The fourth-order valence-corrected chi connectivity index (χ4v) is 6.51. The number of allylic oxidation sites excluding steroid dienone is 4. The van der Waals surface area contributed by atoms with E-state index < -0.39 is 53.0 Å². The van der Waals surface area contributed by atoms with Crippen molar-refractivity contribution in [2.75, 3.05) is 0 Å². The first-order chi connectivity index (χ1) is 20.8. The first-order valence-corrected chi connectivity index (χ1v) is 15.0. The van der Waals surface area contributed by atoms with Gasteiger partial charge in [-0.15, -0.1) is 0 Å². The van der Waals surface area contributed by atoms with Gasteiger partial charge in [0.15, 0.2) is 0 Å². The molecule has 4 unspecified atom stereocenters. The van der Waals surface area contributed by atoms with Gasteiger partial charge in [0.05, 0.1) is 23.7 Å². The normalized spacial score (nSPS) is 22.2. The first kappa shape index (κ1) is 31.0. The number of esters is 2. The van der Waals surface area contributed by atoms with Gasteiger partial charge in [-0.05, 0) is 50.5 Å². The lowest BCUT2D eigenvalue weighted by molar-refractivity contribution is -0.152. The van der Waals surface area contributed by atoms with E-state index in [2.05, 4.69) is 0 Å². The molecule has 2 aliphatic carbocycles. The number of ether oxygens (including phenoxy) is 2. The lowest BCUT2D eigenvalue weighted by atomic mass is 9.79. The average molecular weight is 599 g/mol. The first-order valence-electron chi connectivity index (χ1n) is 15.0. The molecule has 0 aliphatic heterocycles. The Bertz CT molecular complexity index is 1740. The molecule has 0 bridgehead atoms. The van der Waals surface area contributed by atoms with Crippen LogP contribution in [-0.4, -0.2) is 34.1 Å². The van der Waals surface area contributed by atoms with E-state index in [4.69, 9.17) is 9.47 Å². The molecule has 4 atom stereocenters. The van der Waals surface area contributed by atoms with E-state index in [1.807, 2.05) is 58.9 Å². The standard InChI is InChI=1S/C36H38O8/c1-19-13-15-23(26(17-19)32(37)38)34(41)43-30-21-9-6-7-10-22(21)31(29-25(30)11-8-12-28(29)36(3,4)5)44-35(42)24-16-14-20(2)18-27(24)33(39)40/h6-14,23-24,26-27H,15-18H2,1-5H3,(H,37,38)(H,39,40). The van der Waals surface area contributed by atoms with Crippen molar-refractivity contribution in [1.29, 1.82) is 0 Å². The zero-order valence-electron chi connectivity index (χ0n) is 25.7. The second kappa shape index (κ2) is 11.9. The Morgan fingerprint density at radius 2 is 1.11 bits per heavy atom. The van der Waals surface area contributed by atoms with Gasteiger partial charge in [0.1, 0.15) is 11.5 Å². The van der Waals surface area contributed by atoms with Crippen LogP contribution in [0.1, 0.15) is 65.9 Å². The summed E-state index contributed by atoms with van der Waals surface area (Å²) in [4.78, 5) is 51.7. The third-order valence-electron chi connectivity index (χ3n) is 8.90. The van der Waals surface area contributed by atoms with Crippen LogP contribution in [0.25, 0.3) is 21.5 Å². The Hall–Kier alpha value is -4.46. The molecular formula is C36H38O8. The molecule has 0 radical (unpaired) electrons. The van der Waals surface area contributed by atoms with Crippen molar-refractivity contribution in [2.24, 2.45) is 23.7 Å². The number of aliphatic carboxylic acids is 2. The van der Waals surface area contributed by atoms with Gasteiger partial charge in [0.2, 0.25) is 0 Å². The number of hydrogen-bond acceptors (Lipinski definition) is 6. The summed E-state index contributed by atoms with van der Waals surface area (Å²) in [6, 6.07) is 12.7. The average Bonchev–Trinajstić information content (AvgIpc) is 2.97. The second-order valence-electron chi connectivity index (χ2n) is 13.1. The Balaban J connectivity index is 1.68. The predicted molar refractivity (Wildman–Crippen MR) is 167 cm³/mol. The van der Waals surface area contributed by atoms with Crippen LogP contribution in [0.2, 0.25) is 0 Å². The van der Waals surface area contributed by atoms with Crippen LogP contribution in [0, 0.1) is 23.7 Å². The Labute approximate surface area is 256 Å². The Kier molecular flexibility index (Phi) is 8.38. The summed E-state index contributed by atoms with van der Waals surface area (Å²) in [5, 5.41) is 22.0. The molecule has 8 heteroatoms. The number of carbonyl (C=O) groups excluding carboxylic acids is 2. The SMILES string of the molecule is CC1=CCC(C(=O)Oc2c3ccccc3c(OC(=O)C3CC=C(C)CC3C(=O)O)c3c(C(C)(C)C)cccc23)C(C(=O)O)C1. The fourth-order valence-electron chi connectivity index (χ4n) is 6.51. The quantitative estimate of drug-likeness (QED) is 0.132. The van der Waals surface area contributed by atoms with E-state index in [0.29, 0.717) is 21.5 Å². The predicted octanol–water partition coefficient (Wildman–Crippen LogP) is 7.22. The number of carboxylic acids is 2. The molecule has 3 aromatic rings. The van der Waals surface area contributed by atoms with E-state index in [1.54, 1.807) is 30.3 Å². The summed E-state index contributed by atoms with van der Waals surface area (Å²) < 4.78 is 12.4. The van der Waals surface area contributed by atoms with E-state index in [-0.39, 0.29) is 37.2 Å². The smallest absolute Gasteiger partial charge is 0.315 e. The highest BCUT2D eigenvalue weighted by molar-refractivity contribution is 6.14. The molecule has 0 spiro atoms. The highest BCUT2D eigenvalue weighted by Gasteiger charge is 2.39. The number of hydrogen-bond donors (Lipinski definition) is 2. The van der Waals surface area contributed by atoms with Crippen molar-refractivity contribution >= 4 is 45.4 Å². The van der Waals surface area contributed by atoms with Crippen molar-refractivity contribution < 1.29 is 38.9 Å². The Morgan fingerprint density at radius 1 is 0.659 bits per heavy atom. The molecule has 2 aliphatic rings. The molecule has 8 nitrogen and oxygen atoms in total. The van der Waals surface area contributed by atoms with Gasteiger partial charge in [0, 0.05) is 21.5 Å². The molecule has 0 fully saturated rings. The lowest BCUT2D eigenvalue weighted by Crippen LogP contribution is -2.35. The van der Waals surface area contributed by atoms with Crippen molar-refractivity contribution in [2.45, 2.75) is 65.7 Å². The zero-order chi connectivity index (χ0) is 31.9. The summed E-state index contributed by atoms with van der Waals surface area (Å²) >= 11 is 0. The number of carbonyl (C=O) groups is 4. The molecule has 0 aromatic heterocycles. The van der Waals surface area contributed by atoms with Gasteiger partial charge in [-0.25, -0.2) is 0 Å². The minimum Gasteiger partial charge on any atom is -0.481 e. The van der Waals surface area contributed by atoms with Gasteiger partial charge in [-0.1, -0.05) is 86.5 Å². The highest BCUT2D eigenvalue weighted by atomic mass is 16.5. The van der Waals surface area contributed by atoms with Crippen molar-refractivity contribution in [3.63, 3.8) is 0 Å². The minimum absolute atomic E-state index is 0.263. The van der Waals surface area contributed by atoms with E-state index in [0.717, 1.165) is 16.7 Å². The van der Waals surface area contributed by atoms with Crippen LogP contribution in [0.3, 0.4) is 0 Å². The van der Waals surface area contributed by atoms with Crippen molar-refractivity contribution in [1.82, 2.24) is 0 Å². The third kappa shape index (κ3) is 5.85. The summed E-state index contributed by atoms with van der Waals surface area (Å²) in [5.41, 5.74) is 2.27. The van der Waals surface area contributed by atoms with E-state index >= 15 is 0 Å². The molecule has 3 aromatic carbocycles. The zero-order valence-corrected chi connectivity index (χ0v) is 25.7. The molecule has 0 amide bonds. The molecule has 44 heavy (non-hydrogen) atoms. The molecule has 0 saturated heterocycles. The van der Waals surface area contributed by atoms with Gasteiger partial charge in [-0.3, -0.25) is 19.2 Å². The van der Waals surface area contributed by atoms with Crippen LogP contribution in [0.5, 0.6) is 11.5 Å². The van der Waals surface area contributed by atoms with E-state index in [9.17, 15) is 29.4 Å². The number of benzene rings is 3. The monoisotopic (exact) mass is 598 g/mol. The maximum absolute atomic E-state index is 13.8. The summed E-state index contributed by atoms with van der Waals surface area (Å²) in [6.07, 6.45) is 4.84. The van der Waals surface area contributed by atoms with E-state index in [1.165, 1.54) is 0 Å². The number of rotatable bonds is 6. The fraction of sp³-hybridized carbons (Fsp3) is 0.389. The highest BCUT2D eigenvalue weighted by Crippen LogP contribution is 2.47. The molecule has 5 rings (SSSR count). The molecule has 2 N–H and O–H groups in total. The van der Waals surface area contributed by atoms with Crippen LogP contribution in [0.4, 0.5) is 0 Å². The molecular weight excluding hydrogens is 560 g/mol. The largest absolute Gasteiger partial charge is 0.481 e. The molecule has 0 heterocycles. The summed E-state index contributed by atoms with van der Waals surface area (Å²) in [6.45, 7) is 9.79. The van der Waals surface area contributed by atoms with Gasteiger partial charge in [0.25, 0.3) is 0 Å². The van der Waals surface area contributed by atoms with Gasteiger partial charge in [-0.2, -0.15) is 0 Å². The second-order valence-corrected chi connectivity index (χ2v) is 13.1. The van der Waals surface area contributed by atoms with Gasteiger partial charge >= 0.3 is 23.9 Å². The van der Waals surface area contributed by atoms with Crippen molar-refractivity contribution in [3.8, 4) is 11.5 Å². The minimum atomic E-state index is -1.04. The molecule has 0 saturated carbocycles. The number of carboxylic acid groups (broad SMARTS) is 2. The molecule has 230 valence electrons. The van der Waals surface area contributed by atoms with Crippen LogP contribution < -0.4 is 9.47 Å². The lowest BCUT2D eigenvalue weighted by Gasteiger charge is -2.29. The van der Waals surface area contributed by atoms with Gasteiger partial charge < -0.3 is 19.7 Å². The summed E-state index contributed by atoms with van der Waals surface area (Å²) in [7, 11) is 0. The Morgan fingerprint density at radius 3 is 1.59 bits per heavy atom. The van der Waals surface area contributed by atoms with Crippen LogP contribution in [0.15, 0.2) is 65.8 Å². The van der Waals surface area contributed by atoms with Crippen LogP contribution >= 0.6 is 0 Å². The van der Waals surface area contributed by atoms with Crippen LogP contribution in [-0.2, 0) is 24.6 Å². The maximum Gasteiger partial charge on any atom is 0.315 e. The van der Waals surface area contributed by atoms with Crippen molar-refractivity contribution in [3.05, 3.63) is 71.3 Å². The topological polar surface area (TPSA) is 127 Å². The maximum atomic E-state index is 13.8. The summed E-state index contributed by atoms with van der Waals surface area (Å²) in [5.74, 6) is -6.32.